The minimum atomic E-state index is 0.433. The van der Waals surface area contributed by atoms with E-state index in [-0.39, 0.29) is 0 Å². The number of aryl methyl sites for hydroxylation is 1. The summed E-state index contributed by atoms with van der Waals surface area (Å²) in [6.45, 7) is 2.49. The Morgan fingerprint density at radius 3 is 2.85 bits per heavy atom. The van der Waals surface area contributed by atoms with E-state index in [0.717, 1.165) is 17.8 Å². The number of terminal acetylenes is 1. The van der Waals surface area contributed by atoms with Crippen molar-refractivity contribution in [2.24, 2.45) is 23.2 Å². The minimum Gasteiger partial charge on any atom is -0.120 e. The Bertz CT molecular complexity index is 564. The van der Waals surface area contributed by atoms with Crippen LogP contribution in [0.5, 0.6) is 0 Å². The van der Waals surface area contributed by atoms with E-state index >= 15 is 0 Å². The molecule has 0 N–H and O–H groups in total. The van der Waals surface area contributed by atoms with Crippen LogP contribution in [0.3, 0.4) is 0 Å². The normalized spacial score (nSPS) is 42.2. The van der Waals surface area contributed by atoms with Gasteiger partial charge in [0.25, 0.3) is 0 Å². The zero-order chi connectivity index (χ0) is 13.7. The van der Waals surface area contributed by atoms with Gasteiger partial charge in [-0.3, -0.25) is 0 Å². The molecule has 1 aromatic rings. The van der Waals surface area contributed by atoms with Crippen LogP contribution in [-0.4, -0.2) is 0 Å². The molecule has 4 rings (SSSR count). The van der Waals surface area contributed by atoms with Crippen LogP contribution >= 0.6 is 0 Å². The first-order valence-electron chi connectivity index (χ1n) is 8.28. The van der Waals surface area contributed by atoms with E-state index in [9.17, 15) is 0 Å². The largest absolute Gasteiger partial charge is 0.120 e. The molecule has 20 heavy (non-hydrogen) atoms. The third kappa shape index (κ3) is 1.56. The highest BCUT2D eigenvalue weighted by atomic mass is 14.6. The fraction of sp³-hybridized carbons (Fsp3) is 0.600. The van der Waals surface area contributed by atoms with E-state index in [2.05, 4.69) is 37.1 Å². The summed E-state index contributed by atoms with van der Waals surface area (Å²) in [4.78, 5) is 0. The molecule has 0 amide bonds. The summed E-state index contributed by atoms with van der Waals surface area (Å²) in [5, 5.41) is 0. The molecular formula is C20H24. The second kappa shape index (κ2) is 4.39. The van der Waals surface area contributed by atoms with Crippen molar-refractivity contribution in [1.29, 1.82) is 0 Å². The standard InChI is InChI=1S/C20H24/c1-3-15-9-11-19-18-10-8-14-6-4-5-7-16(14)17(18)12-13-20(15,19)2/h1,4-7,15,17-19H,8-13H2,2H3/t15-,17-,18-,19+,20-/m1/s1. The molecule has 0 aliphatic heterocycles. The Kier molecular flexibility index (Phi) is 2.75. The monoisotopic (exact) mass is 264 g/mol. The van der Waals surface area contributed by atoms with E-state index in [0.29, 0.717) is 11.3 Å². The van der Waals surface area contributed by atoms with Crippen LogP contribution in [0, 0.1) is 35.5 Å². The topological polar surface area (TPSA) is 0 Å². The maximum atomic E-state index is 5.82. The van der Waals surface area contributed by atoms with E-state index in [1.807, 2.05) is 0 Å². The number of benzene rings is 1. The molecule has 0 bridgehead atoms. The van der Waals surface area contributed by atoms with Crippen molar-refractivity contribution >= 4 is 0 Å². The first-order chi connectivity index (χ1) is 9.74. The fourth-order valence-corrected chi connectivity index (χ4v) is 5.80. The molecule has 2 fully saturated rings. The van der Waals surface area contributed by atoms with Gasteiger partial charge in [0.15, 0.2) is 0 Å². The predicted molar refractivity (Wildman–Crippen MR) is 83.4 cm³/mol. The van der Waals surface area contributed by atoms with Gasteiger partial charge >= 0.3 is 0 Å². The summed E-state index contributed by atoms with van der Waals surface area (Å²) in [5.41, 5.74) is 3.71. The second-order valence-corrected chi connectivity index (χ2v) is 7.46. The summed E-state index contributed by atoms with van der Waals surface area (Å²) in [6.07, 6.45) is 13.8. The molecule has 0 radical (unpaired) electrons. The average Bonchev–Trinajstić information content (AvgIpc) is 2.83. The maximum Gasteiger partial charge on any atom is 0.0256 e. The Morgan fingerprint density at radius 1 is 1.15 bits per heavy atom. The summed E-state index contributed by atoms with van der Waals surface area (Å²) < 4.78 is 0. The maximum absolute atomic E-state index is 5.82. The van der Waals surface area contributed by atoms with Crippen molar-refractivity contribution in [2.45, 2.75) is 51.4 Å². The van der Waals surface area contributed by atoms with Crippen molar-refractivity contribution < 1.29 is 0 Å². The van der Waals surface area contributed by atoms with Crippen LogP contribution in [0.1, 0.15) is 56.1 Å². The highest BCUT2D eigenvalue weighted by Gasteiger charge is 2.54. The highest BCUT2D eigenvalue weighted by Crippen LogP contribution is 2.62. The molecule has 0 saturated heterocycles. The van der Waals surface area contributed by atoms with Gasteiger partial charge in [0.2, 0.25) is 0 Å². The molecular weight excluding hydrogens is 240 g/mol. The minimum absolute atomic E-state index is 0.433. The summed E-state index contributed by atoms with van der Waals surface area (Å²) >= 11 is 0. The van der Waals surface area contributed by atoms with E-state index in [1.165, 1.54) is 38.5 Å². The fourth-order valence-electron chi connectivity index (χ4n) is 5.80. The third-order valence-electron chi connectivity index (χ3n) is 6.84. The molecule has 0 aromatic heterocycles. The van der Waals surface area contributed by atoms with Gasteiger partial charge in [0, 0.05) is 5.92 Å². The van der Waals surface area contributed by atoms with Gasteiger partial charge in [-0.1, -0.05) is 31.2 Å². The second-order valence-electron chi connectivity index (χ2n) is 7.46. The zero-order valence-electron chi connectivity index (χ0n) is 12.4. The molecule has 0 heteroatoms. The van der Waals surface area contributed by atoms with Crippen molar-refractivity contribution in [3.63, 3.8) is 0 Å². The zero-order valence-corrected chi connectivity index (χ0v) is 12.4. The summed E-state index contributed by atoms with van der Waals surface area (Å²) in [5.74, 6) is 6.23. The molecule has 1 aromatic carbocycles. The Hall–Kier alpha value is -1.22. The molecule has 0 unspecified atom stereocenters. The number of rotatable bonds is 0. The quantitative estimate of drug-likeness (QED) is 0.591. The lowest BCUT2D eigenvalue weighted by Gasteiger charge is -2.50. The van der Waals surface area contributed by atoms with Gasteiger partial charge in [-0.2, -0.15) is 0 Å². The van der Waals surface area contributed by atoms with Gasteiger partial charge in [0.05, 0.1) is 0 Å². The van der Waals surface area contributed by atoms with Gasteiger partial charge < -0.3 is 0 Å². The lowest BCUT2D eigenvalue weighted by atomic mass is 9.54. The van der Waals surface area contributed by atoms with Crippen LogP contribution in [0.15, 0.2) is 24.3 Å². The van der Waals surface area contributed by atoms with E-state index < -0.39 is 0 Å². The molecule has 0 heterocycles. The Balaban J connectivity index is 1.71. The van der Waals surface area contributed by atoms with Gasteiger partial charge in [-0.25, -0.2) is 0 Å². The molecule has 3 aliphatic rings. The molecule has 104 valence electrons. The molecule has 5 atom stereocenters. The molecule has 2 saturated carbocycles. The highest BCUT2D eigenvalue weighted by molar-refractivity contribution is 5.35. The van der Waals surface area contributed by atoms with E-state index in [4.69, 9.17) is 6.42 Å². The van der Waals surface area contributed by atoms with Gasteiger partial charge in [0.1, 0.15) is 0 Å². The van der Waals surface area contributed by atoms with E-state index in [1.54, 1.807) is 11.1 Å². The first-order valence-corrected chi connectivity index (χ1v) is 8.28. The van der Waals surface area contributed by atoms with Crippen LogP contribution in [0.2, 0.25) is 0 Å². The summed E-state index contributed by atoms with van der Waals surface area (Å²) in [7, 11) is 0. The third-order valence-corrected chi connectivity index (χ3v) is 6.84. The predicted octanol–water partition coefficient (Wildman–Crippen LogP) is 4.79. The lowest BCUT2D eigenvalue weighted by molar-refractivity contribution is 0.0432. The smallest absolute Gasteiger partial charge is 0.0256 e. The average molecular weight is 264 g/mol. The van der Waals surface area contributed by atoms with Crippen molar-refractivity contribution in [3.8, 4) is 12.3 Å². The van der Waals surface area contributed by atoms with Crippen LogP contribution in [0.25, 0.3) is 0 Å². The van der Waals surface area contributed by atoms with Crippen molar-refractivity contribution in [1.82, 2.24) is 0 Å². The number of hydrogen-bond acceptors (Lipinski definition) is 0. The Morgan fingerprint density at radius 2 is 2.00 bits per heavy atom. The lowest BCUT2D eigenvalue weighted by Crippen LogP contribution is -2.42. The number of fused-ring (bicyclic) bond motifs is 5. The van der Waals surface area contributed by atoms with Gasteiger partial charge in [-0.05, 0) is 72.8 Å². The molecule has 0 nitrogen and oxygen atoms in total. The van der Waals surface area contributed by atoms with Crippen LogP contribution in [-0.2, 0) is 6.42 Å². The Labute approximate surface area is 123 Å². The van der Waals surface area contributed by atoms with Crippen molar-refractivity contribution in [2.75, 3.05) is 0 Å². The molecule has 3 aliphatic carbocycles. The van der Waals surface area contributed by atoms with Gasteiger partial charge in [-0.15, -0.1) is 12.3 Å². The molecule has 0 spiro atoms. The van der Waals surface area contributed by atoms with Crippen molar-refractivity contribution in [3.05, 3.63) is 35.4 Å². The SMILES string of the molecule is C#C[C@@H]1CC[C@H]2[C@@H]3CCc4ccccc4[C@H]3CC[C@]12C. The van der Waals surface area contributed by atoms with Crippen LogP contribution in [0.4, 0.5) is 0 Å². The summed E-state index contributed by atoms with van der Waals surface area (Å²) in [6, 6.07) is 9.17. The first kappa shape index (κ1) is 12.5. The van der Waals surface area contributed by atoms with Crippen LogP contribution < -0.4 is 0 Å². The number of hydrogen-bond donors (Lipinski definition) is 0.